The summed E-state index contributed by atoms with van der Waals surface area (Å²) in [6.45, 7) is 3.36. The van der Waals surface area contributed by atoms with E-state index >= 15 is 0 Å². The van der Waals surface area contributed by atoms with Gasteiger partial charge in [0, 0.05) is 6.04 Å². The average Bonchev–Trinajstić information content (AvgIpc) is 2.34. The molecule has 4 nitrogen and oxygen atoms in total. The minimum absolute atomic E-state index is 0.0928. The van der Waals surface area contributed by atoms with Gasteiger partial charge in [-0.05, 0) is 26.0 Å². The number of halogens is 3. The Kier molecular flexibility index (Phi) is 4.74. The molecule has 1 aromatic heterocycles. The van der Waals surface area contributed by atoms with Crippen LogP contribution in [0, 0.1) is 0 Å². The molecule has 0 unspecified atom stereocenters. The molecule has 0 aliphatic rings. The highest BCUT2D eigenvalue weighted by atomic mass is 19.4. The van der Waals surface area contributed by atoms with Gasteiger partial charge in [-0.3, -0.25) is 4.79 Å². The van der Waals surface area contributed by atoms with E-state index in [2.05, 4.69) is 9.72 Å². The van der Waals surface area contributed by atoms with E-state index in [0.29, 0.717) is 0 Å². The van der Waals surface area contributed by atoms with Crippen LogP contribution in [0.5, 0.6) is 0 Å². The minimum Gasteiger partial charge on any atom is -0.468 e. The first-order valence-electron chi connectivity index (χ1n) is 5.63. The maximum atomic E-state index is 12.6. The van der Waals surface area contributed by atoms with Gasteiger partial charge in [0.1, 0.15) is 18.1 Å². The first-order valence-corrected chi connectivity index (χ1v) is 5.63. The number of anilines is 1. The second-order valence-corrected chi connectivity index (χ2v) is 4.18. The smallest absolute Gasteiger partial charge is 0.433 e. The molecular formula is C12H15F3N2O2. The van der Waals surface area contributed by atoms with Crippen molar-refractivity contribution in [3.05, 3.63) is 23.9 Å². The Hall–Kier alpha value is -1.79. The molecule has 0 aromatic carbocycles. The Morgan fingerprint density at radius 2 is 2.05 bits per heavy atom. The number of pyridine rings is 1. The molecule has 0 atom stereocenters. The van der Waals surface area contributed by atoms with Crippen LogP contribution in [0.4, 0.5) is 19.0 Å². The van der Waals surface area contributed by atoms with E-state index in [1.54, 1.807) is 13.8 Å². The van der Waals surface area contributed by atoms with Gasteiger partial charge in [-0.2, -0.15) is 13.2 Å². The van der Waals surface area contributed by atoms with Crippen molar-refractivity contribution in [1.82, 2.24) is 4.98 Å². The first-order chi connectivity index (χ1) is 8.75. The van der Waals surface area contributed by atoms with Crippen molar-refractivity contribution in [3.8, 4) is 0 Å². The summed E-state index contributed by atoms with van der Waals surface area (Å²) in [4.78, 5) is 16.3. The molecule has 0 radical (unpaired) electrons. The van der Waals surface area contributed by atoms with Crippen LogP contribution < -0.4 is 4.90 Å². The lowest BCUT2D eigenvalue weighted by atomic mass is 10.2. The van der Waals surface area contributed by atoms with Gasteiger partial charge in [0.15, 0.2) is 0 Å². The molecule has 0 fully saturated rings. The third-order valence-corrected chi connectivity index (χ3v) is 2.47. The molecule has 0 bridgehead atoms. The van der Waals surface area contributed by atoms with Crippen molar-refractivity contribution < 1.29 is 22.7 Å². The molecule has 1 rings (SSSR count). The predicted octanol–water partition coefficient (Wildman–Crippen LogP) is 2.49. The summed E-state index contributed by atoms with van der Waals surface area (Å²) in [5.74, 6) is -0.442. The standard InChI is InChI=1S/C12H15F3N2O2/c1-8(2)17(7-11(18)19-3)10-6-4-5-9(16-10)12(13,14)15/h4-6,8H,7H2,1-3H3. The van der Waals surface area contributed by atoms with Crippen LogP contribution in [0.1, 0.15) is 19.5 Å². The summed E-state index contributed by atoms with van der Waals surface area (Å²) in [6.07, 6.45) is -4.51. The number of carbonyl (C=O) groups excluding carboxylic acids is 1. The van der Waals surface area contributed by atoms with Crippen molar-refractivity contribution in [2.24, 2.45) is 0 Å². The van der Waals surface area contributed by atoms with Crippen molar-refractivity contribution in [2.45, 2.75) is 26.1 Å². The molecule has 19 heavy (non-hydrogen) atoms. The Balaban J connectivity index is 3.06. The zero-order valence-electron chi connectivity index (χ0n) is 10.9. The Morgan fingerprint density at radius 3 is 2.53 bits per heavy atom. The Labute approximate surface area is 109 Å². The molecule has 0 aliphatic heterocycles. The predicted molar refractivity (Wildman–Crippen MR) is 63.7 cm³/mol. The lowest BCUT2D eigenvalue weighted by molar-refractivity contribution is -0.141. The van der Waals surface area contributed by atoms with Crippen LogP contribution in [0.3, 0.4) is 0 Å². The molecule has 0 saturated heterocycles. The molecule has 0 N–H and O–H groups in total. The van der Waals surface area contributed by atoms with Crippen LogP contribution in [0.15, 0.2) is 18.2 Å². The molecule has 0 saturated carbocycles. The molecule has 1 heterocycles. The van der Waals surface area contributed by atoms with Crippen LogP contribution >= 0.6 is 0 Å². The number of rotatable bonds is 4. The normalized spacial score (nSPS) is 11.5. The van der Waals surface area contributed by atoms with Crippen LogP contribution in [-0.4, -0.2) is 30.6 Å². The van der Waals surface area contributed by atoms with Gasteiger partial charge in [-0.1, -0.05) is 6.07 Å². The zero-order chi connectivity index (χ0) is 14.6. The van der Waals surface area contributed by atoms with Crippen molar-refractivity contribution in [1.29, 1.82) is 0 Å². The zero-order valence-corrected chi connectivity index (χ0v) is 10.9. The summed E-state index contributed by atoms with van der Waals surface area (Å²) >= 11 is 0. The lowest BCUT2D eigenvalue weighted by Crippen LogP contribution is -2.37. The summed E-state index contributed by atoms with van der Waals surface area (Å²) < 4.78 is 42.3. The number of carbonyl (C=O) groups is 1. The highest BCUT2D eigenvalue weighted by Crippen LogP contribution is 2.29. The van der Waals surface area contributed by atoms with Gasteiger partial charge in [0.25, 0.3) is 0 Å². The van der Waals surface area contributed by atoms with E-state index in [0.717, 1.165) is 6.07 Å². The van der Waals surface area contributed by atoms with E-state index in [-0.39, 0.29) is 18.4 Å². The van der Waals surface area contributed by atoms with Gasteiger partial charge in [-0.15, -0.1) is 0 Å². The third-order valence-electron chi connectivity index (χ3n) is 2.47. The fourth-order valence-corrected chi connectivity index (χ4v) is 1.47. The Bertz CT molecular complexity index is 447. The van der Waals surface area contributed by atoms with Crippen molar-refractivity contribution in [2.75, 3.05) is 18.6 Å². The number of esters is 1. The second-order valence-electron chi connectivity index (χ2n) is 4.18. The fourth-order valence-electron chi connectivity index (χ4n) is 1.47. The lowest BCUT2D eigenvalue weighted by Gasteiger charge is -2.27. The van der Waals surface area contributed by atoms with Gasteiger partial charge >= 0.3 is 12.1 Å². The number of alkyl halides is 3. The monoisotopic (exact) mass is 276 g/mol. The minimum atomic E-state index is -4.51. The summed E-state index contributed by atoms with van der Waals surface area (Å²) in [5, 5.41) is 0. The van der Waals surface area contributed by atoms with E-state index < -0.39 is 17.8 Å². The summed E-state index contributed by atoms with van der Waals surface area (Å²) in [6, 6.07) is 3.39. The molecule has 7 heteroatoms. The largest absolute Gasteiger partial charge is 0.468 e. The van der Waals surface area contributed by atoms with Gasteiger partial charge in [-0.25, -0.2) is 4.98 Å². The Morgan fingerprint density at radius 1 is 1.42 bits per heavy atom. The summed E-state index contributed by atoms with van der Waals surface area (Å²) in [7, 11) is 1.22. The van der Waals surface area contributed by atoms with Crippen LogP contribution in [0.2, 0.25) is 0 Å². The SMILES string of the molecule is COC(=O)CN(c1cccc(C(F)(F)F)n1)C(C)C. The number of methoxy groups -OCH3 is 1. The number of ether oxygens (including phenoxy) is 1. The topological polar surface area (TPSA) is 42.4 Å². The number of aromatic nitrogens is 1. The van der Waals surface area contributed by atoms with Gasteiger partial charge < -0.3 is 9.64 Å². The number of nitrogens with zero attached hydrogens (tertiary/aromatic N) is 2. The van der Waals surface area contributed by atoms with Crippen molar-refractivity contribution >= 4 is 11.8 Å². The molecule has 106 valence electrons. The van der Waals surface area contributed by atoms with E-state index in [9.17, 15) is 18.0 Å². The maximum absolute atomic E-state index is 12.6. The van der Waals surface area contributed by atoms with E-state index in [1.165, 1.54) is 24.1 Å². The van der Waals surface area contributed by atoms with Gasteiger partial charge in [0.05, 0.1) is 7.11 Å². The molecule has 0 spiro atoms. The quantitative estimate of drug-likeness (QED) is 0.792. The number of hydrogen-bond acceptors (Lipinski definition) is 4. The maximum Gasteiger partial charge on any atom is 0.433 e. The molecular weight excluding hydrogens is 261 g/mol. The van der Waals surface area contributed by atoms with E-state index in [1.807, 2.05) is 0 Å². The molecule has 1 aromatic rings. The molecule has 0 aliphatic carbocycles. The van der Waals surface area contributed by atoms with Crippen LogP contribution in [-0.2, 0) is 15.7 Å². The van der Waals surface area contributed by atoms with E-state index in [4.69, 9.17) is 0 Å². The van der Waals surface area contributed by atoms with Gasteiger partial charge in [0.2, 0.25) is 0 Å². The molecule has 0 amide bonds. The van der Waals surface area contributed by atoms with Crippen molar-refractivity contribution in [3.63, 3.8) is 0 Å². The average molecular weight is 276 g/mol. The number of hydrogen-bond donors (Lipinski definition) is 0. The highest BCUT2D eigenvalue weighted by Gasteiger charge is 2.33. The highest BCUT2D eigenvalue weighted by molar-refractivity contribution is 5.75. The van der Waals surface area contributed by atoms with Crippen LogP contribution in [0.25, 0.3) is 0 Å². The fraction of sp³-hybridized carbons (Fsp3) is 0.500. The second kappa shape index (κ2) is 5.90. The summed E-state index contributed by atoms with van der Waals surface area (Å²) in [5.41, 5.74) is -0.986. The third kappa shape index (κ3) is 4.11. The first kappa shape index (κ1) is 15.3.